The minimum Gasteiger partial charge on any atom is -0.493 e. The number of ether oxygens (including phenoxy) is 2. The molecule has 2 aromatic carbocycles. The first kappa shape index (κ1) is 21.4. The van der Waals surface area contributed by atoms with Gasteiger partial charge in [-0.15, -0.1) is 0 Å². The smallest absolute Gasteiger partial charge is 0.253 e. The highest BCUT2D eigenvalue weighted by Crippen LogP contribution is 2.41. The number of aromatic nitrogens is 1. The first-order valence-corrected chi connectivity index (χ1v) is 11.8. The molecule has 1 atom stereocenters. The molecule has 31 heavy (non-hydrogen) atoms. The number of aromatic amines is 1. The molecule has 1 aliphatic rings. The number of benzene rings is 2. The van der Waals surface area contributed by atoms with Crippen LogP contribution in [0.1, 0.15) is 33.9 Å². The molecule has 0 amide bonds. The van der Waals surface area contributed by atoms with Crippen LogP contribution in [-0.4, -0.2) is 44.7 Å². The molecule has 4 rings (SSSR count). The van der Waals surface area contributed by atoms with Crippen LogP contribution in [0.4, 0.5) is 0 Å². The molecule has 1 aliphatic heterocycles. The van der Waals surface area contributed by atoms with Gasteiger partial charge in [-0.1, -0.05) is 11.6 Å². The van der Waals surface area contributed by atoms with Crippen molar-refractivity contribution in [2.45, 2.75) is 26.3 Å². The predicted molar refractivity (Wildman–Crippen MR) is 121 cm³/mol. The quantitative estimate of drug-likeness (QED) is 0.671. The molecule has 0 saturated heterocycles. The number of aryl methyl sites for hydroxylation is 2. The van der Waals surface area contributed by atoms with E-state index in [0.29, 0.717) is 23.5 Å². The molecule has 0 radical (unpaired) electrons. The van der Waals surface area contributed by atoms with Gasteiger partial charge < -0.3 is 14.5 Å². The molecule has 7 nitrogen and oxygen atoms in total. The lowest BCUT2D eigenvalue weighted by molar-refractivity contribution is 0.332. The lowest BCUT2D eigenvalue weighted by Crippen LogP contribution is -2.42. The summed E-state index contributed by atoms with van der Waals surface area (Å²) in [5, 5.41) is 0.869. The minimum absolute atomic E-state index is 0.274. The first-order chi connectivity index (χ1) is 14.6. The van der Waals surface area contributed by atoms with Gasteiger partial charge in [-0.3, -0.25) is 4.79 Å². The van der Waals surface area contributed by atoms with Gasteiger partial charge in [0.25, 0.3) is 5.56 Å². The van der Waals surface area contributed by atoms with Gasteiger partial charge in [0.15, 0.2) is 11.5 Å². The Hall–Kier alpha value is -2.84. The Balaban J connectivity index is 2.03. The SMILES string of the molecule is COc1cc2c(cc1OC)[C@H](c1cc3cc(C)cc(C)c3[nH]c1=O)N(S(C)(=O)=O)CC2. The second kappa shape index (κ2) is 7.69. The van der Waals surface area contributed by atoms with E-state index in [1.54, 1.807) is 13.2 Å². The third-order valence-electron chi connectivity index (χ3n) is 5.87. The van der Waals surface area contributed by atoms with Gasteiger partial charge in [0, 0.05) is 12.1 Å². The van der Waals surface area contributed by atoms with Crippen molar-refractivity contribution in [3.63, 3.8) is 0 Å². The van der Waals surface area contributed by atoms with Crippen LogP contribution in [0.2, 0.25) is 0 Å². The van der Waals surface area contributed by atoms with Crippen LogP contribution in [0, 0.1) is 13.8 Å². The molecule has 3 aromatic rings. The Kier molecular flexibility index (Phi) is 5.31. The third kappa shape index (κ3) is 3.70. The number of sulfonamides is 1. The Morgan fingerprint density at radius 2 is 1.68 bits per heavy atom. The molecule has 2 heterocycles. The van der Waals surface area contributed by atoms with Gasteiger partial charge in [0.05, 0.1) is 32.0 Å². The molecule has 0 spiro atoms. The predicted octanol–water partition coefficient (Wildman–Crippen LogP) is 3.07. The van der Waals surface area contributed by atoms with Gasteiger partial charge in [-0.2, -0.15) is 4.31 Å². The fourth-order valence-corrected chi connectivity index (χ4v) is 5.54. The second-order valence-corrected chi connectivity index (χ2v) is 9.97. The lowest BCUT2D eigenvalue weighted by atomic mass is 9.89. The fourth-order valence-electron chi connectivity index (χ4n) is 4.51. The summed E-state index contributed by atoms with van der Waals surface area (Å²) in [7, 11) is -0.485. The summed E-state index contributed by atoms with van der Waals surface area (Å²) >= 11 is 0. The van der Waals surface area contributed by atoms with Gasteiger partial charge >= 0.3 is 0 Å². The monoisotopic (exact) mass is 442 g/mol. The highest BCUT2D eigenvalue weighted by Gasteiger charge is 2.37. The van der Waals surface area contributed by atoms with Crippen LogP contribution in [-0.2, 0) is 16.4 Å². The maximum absolute atomic E-state index is 13.2. The van der Waals surface area contributed by atoms with Crippen molar-refractivity contribution >= 4 is 20.9 Å². The van der Waals surface area contributed by atoms with Crippen LogP contribution in [0.25, 0.3) is 10.9 Å². The van der Waals surface area contributed by atoms with Crippen molar-refractivity contribution in [2.75, 3.05) is 27.0 Å². The molecule has 0 saturated carbocycles. The summed E-state index contributed by atoms with van der Waals surface area (Å²) in [5.74, 6) is 1.07. The minimum atomic E-state index is -3.58. The Morgan fingerprint density at radius 3 is 2.32 bits per heavy atom. The molecule has 0 fully saturated rings. The van der Waals surface area contributed by atoms with Gasteiger partial charge in [0.2, 0.25) is 10.0 Å². The molecule has 0 aliphatic carbocycles. The summed E-state index contributed by atoms with van der Waals surface area (Å²) in [5.41, 5.74) is 4.53. The molecule has 1 N–H and O–H groups in total. The number of hydrogen-bond acceptors (Lipinski definition) is 5. The van der Waals surface area contributed by atoms with E-state index in [2.05, 4.69) is 4.98 Å². The maximum Gasteiger partial charge on any atom is 0.253 e. The fraction of sp³-hybridized carbons (Fsp3) is 0.348. The first-order valence-electron chi connectivity index (χ1n) is 10.00. The second-order valence-electron chi connectivity index (χ2n) is 8.03. The van der Waals surface area contributed by atoms with Crippen molar-refractivity contribution in [1.82, 2.24) is 9.29 Å². The summed E-state index contributed by atoms with van der Waals surface area (Å²) < 4.78 is 37.7. The Labute approximate surface area is 181 Å². The highest BCUT2D eigenvalue weighted by molar-refractivity contribution is 7.88. The number of pyridine rings is 1. The number of fused-ring (bicyclic) bond motifs is 2. The summed E-state index contributed by atoms with van der Waals surface area (Å²) in [6.45, 7) is 4.21. The van der Waals surface area contributed by atoms with E-state index in [9.17, 15) is 13.2 Å². The van der Waals surface area contributed by atoms with E-state index in [1.807, 2.05) is 38.1 Å². The summed E-state index contributed by atoms with van der Waals surface area (Å²) in [4.78, 5) is 16.2. The number of hydrogen-bond donors (Lipinski definition) is 1. The maximum atomic E-state index is 13.2. The van der Waals surface area contributed by atoms with Crippen molar-refractivity contribution < 1.29 is 17.9 Å². The van der Waals surface area contributed by atoms with Gasteiger partial charge in [0.1, 0.15) is 0 Å². The number of methoxy groups -OCH3 is 2. The van der Waals surface area contributed by atoms with Crippen LogP contribution in [0.3, 0.4) is 0 Å². The number of H-pyrrole nitrogens is 1. The van der Waals surface area contributed by atoms with E-state index >= 15 is 0 Å². The zero-order valence-electron chi connectivity index (χ0n) is 18.3. The Morgan fingerprint density at radius 1 is 1.00 bits per heavy atom. The largest absolute Gasteiger partial charge is 0.493 e. The lowest BCUT2D eigenvalue weighted by Gasteiger charge is -2.36. The third-order valence-corrected chi connectivity index (χ3v) is 7.12. The van der Waals surface area contributed by atoms with E-state index in [0.717, 1.165) is 33.2 Å². The van der Waals surface area contributed by atoms with Crippen LogP contribution >= 0.6 is 0 Å². The molecular weight excluding hydrogens is 416 g/mol. The van der Waals surface area contributed by atoms with E-state index in [1.165, 1.54) is 17.7 Å². The summed E-state index contributed by atoms with van der Waals surface area (Å²) in [6, 6.07) is 8.69. The van der Waals surface area contributed by atoms with E-state index < -0.39 is 16.1 Å². The summed E-state index contributed by atoms with van der Waals surface area (Å²) in [6.07, 6.45) is 1.69. The van der Waals surface area contributed by atoms with Gasteiger partial charge in [-0.05, 0) is 66.6 Å². The molecule has 0 bridgehead atoms. The van der Waals surface area contributed by atoms with Gasteiger partial charge in [-0.25, -0.2) is 8.42 Å². The molecule has 164 valence electrons. The van der Waals surface area contributed by atoms with Crippen LogP contribution in [0.5, 0.6) is 11.5 Å². The average Bonchev–Trinajstić information content (AvgIpc) is 2.71. The van der Waals surface area contributed by atoms with Crippen LogP contribution in [0.15, 0.2) is 35.1 Å². The average molecular weight is 443 g/mol. The molecule has 8 heteroatoms. The molecule has 1 aromatic heterocycles. The van der Waals surface area contributed by atoms with Crippen LogP contribution < -0.4 is 15.0 Å². The topological polar surface area (TPSA) is 88.7 Å². The van der Waals surface area contributed by atoms with Crippen molar-refractivity contribution in [3.8, 4) is 11.5 Å². The normalized spacial score (nSPS) is 16.9. The molecule has 0 unspecified atom stereocenters. The highest BCUT2D eigenvalue weighted by atomic mass is 32.2. The van der Waals surface area contributed by atoms with E-state index in [-0.39, 0.29) is 12.1 Å². The zero-order chi connectivity index (χ0) is 22.5. The van der Waals surface area contributed by atoms with Crippen molar-refractivity contribution in [3.05, 3.63) is 68.5 Å². The van der Waals surface area contributed by atoms with Crippen molar-refractivity contribution in [1.29, 1.82) is 0 Å². The molecular formula is C23H26N2O5S. The van der Waals surface area contributed by atoms with E-state index in [4.69, 9.17) is 9.47 Å². The zero-order valence-corrected chi connectivity index (χ0v) is 19.1. The number of nitrogens with zero attached hydrogens (tertiary/aromatic N) is 1. The number of nitrogens with one attached hydrogen (secondary N) is 1. The Bertz CT molecular complexity index is 1340. The standard InChI is InChI=1S/C23H26N2O5S/c1-13-8-14(2)21-16(9-13)10-18(23(26)24-21)22-17-12-20(30-4)19(29-3)11-15(17)6-7-25(22)31(5,27)28/h8-12,22H,6-7H2,1-5H3,(H,24,26)/t22-/m1/s1. The number of rotatable bonds is 4. The van der Waals surface area contributed by atoms with Crippen molar-refractivity contribution in [2.24, 2.45) is 0 Å².